The molecule has 2 aromatic rings. The number of fused-ring (bicyclic) bond motifs is 1. The molecule has 2 saturated heterocycles. The van der Waals surface area contributed by atoms with E-state index in [2.05, 4.69) is 41.4 Å². The third kappa shape index (κ3) is 3.36. The highest BCUT2D eigenvalue weighted by Gasteiger charge is 2.48. The zero-order chi connectivity index (χ0) is 21.7. The Bertz CT molecular complexity index is 1100. The van der Waals surface area contributed by atoms with E-state index in [1.807, 2.05) is 6.07 Å². The van der Waals surface area contributed by atoms with Gasteiger partial charge in [0, 0.05) is 19.3 Å². The van der Waals surface area contributed by atoms with Crippen molar-refractivity contribution >= 4 is 29.0 Å². The lowest BCUT2D eigenvalue weighted by Crippen LogP contribution is -2.56. The summed E-state index contributed by atoms with van der Waals surface area (Å²) < 4.78 is 1.52. The Hall–Kier alpha value is -3.48. The number of imide groups is 1. The van der Waals surface area contributed by atoms with Gasteiger partial charge in [-0.2, -0.15) is 5.26 Å². The van der Waals surface area contributed by atoms with Gasteiger partial charge < -0.3 is 10.2 Å². The molecule has 0 aliphatic carbocycles. The maximum Gasteiger partial charge on any atom is 0.328 e. The number of amides is 4. The van der Waals surface area contributed by atoms with E-state index in [-0.39, 0.29) is 23.2 Å². The Kier molecular flexibility index (Phi) is 4.49. The average Bonchev–Trinajstić information content (AvgIpc) is 3.17. The van der Waals surface area contributed by atoms with Crippen LogP contribution in [0.1, 0.15) is 45.0 Å². The first-order chi connectivity index (χ1) is 14.1. The second-order valence-electron chi connectivity index (χ2n) is 9.06. The molecule has 156 valence electrons. The van der Waals surface area contributed by atoms with Gasteiger partial charge in [0.25, 0.3) is 5.91 Å². The van der Waals surface area contributed by atoms with E-state index in [0.29, 0.717) is 43.4 Å². The van der Waals surface area contributed by atoms with Crippen LogP contribution in [-0.2, 0) is 11.2 Å². The number of piperidine rings is 1. The molecule has 2 aliphatic heterocycles. The number of nitriles is 1. The van der Waals surface area contributed by atoms with E-state index < -0.39 is 11.6 Å². The van der Waals surface area contributed by atoms with E-state index in [4.69, 9.17) is 5.26 Å². The minimum Gasteiger partial charge on any atom is -0.324 e. The number of aromatic nitrogens is 3. The number of nitrogens with one attached hydrogen (secondary N) is 2. The molecule has 0 saturated carbocycles. The van der Waals surface area contributed by atoms with Gasteiger partial charge >= 0.3 is 12.1 Å². The van der Waals surface area contributed by atoms with Crippen molar-refractivity contribution in [2.75, 3.05) is 13.1 Å². The van der Waals surface area contributed by atoms with Gasteiger partial charge in [0.05, 0.1) is 17.2 Å². The predicted octanol–water partition coefficient (Wildman–Crippen LogP) is 1.53. The molecule has 4 heterocycles. The fraction of sp³-hybridized carbons (Fsp3) is 0.500. The molecular formula is C20H23N7O3. The van der Waals surface area contributed by atoms with Crippen LogP contribution in [0.15, 0.2) is 12.4 Å². The third-order valence-electron chi connectivity index (χ3n) is 5.55. The first-order valence-corrected chi connectivity index (χ1v) is 9.82. The highest BCUT2D eigenvalue weighted by atomic mass is 16.2. The lowest BCUT2D eigenvalue weighted by atomic mass is 9.88. The third-order valence-corrected chi connectivity index (χ3v) is 5.55. The van der Waals surface area contributed by atoms with Crippen molar-refractivity contribution in [3.8, 4) is 6.07 Å². The SMILES string of the molecule is CC(C)(C)Cc1cn(C(=O)N2CCC3(CC2)NC(=O)NC3=O)c2cnc(C#N)nc12. The summed E-state index contributed by atoms with van der Waals surface area (Å²) >= 11 is 0. The molecule has 2 N–H and O–H groups in total. The predicted molar refractivity (Wildman–Crippen MR) is 106 cm³/mol. The topological polar surface area (TPSA) is 133 Å². The first-order valence-electron chi connectivity index (χ1n) is 9.82. The maximum absolute atomic E-state index is 13.3. The Labute approximate surface area is 173 Å². The van der Waals surface area contributed by atoms with Crippen LogP contribution in [0.4, 0.5) is 9.59 Å². The number of carbonyl (C=O) groups is 3. The number of urea groups is 1. The van der Waals surface area contributed by atoms with Gasteiger partial charge in [-0.15, -0.1) is 0 Å². The van der Waals surface area contributed by atoms with Gasteiger partial charge in [0.1, 0.15) is 11.6 Å². The van der Waals surface area contributed by atoms with Crippen LogP contribution < -0.4 is 10.6 Å². The van der Waals surface area contributed by atoms with E-state index >= 15 is 0 Å². The molecule has 0 radical (unpaired) electrons. The summed E-state index contributed by atoms with van der Waals surface area (Å²) in [4.78, 5) is 47.0. The number of carbonyl (C=O) groups excluding carboxylic acids is 3. The molecule has 2 fully saturated rings. The minimum absolute atomic E-state index is 0.0362. The largest absolute Gasteiger partial charge is 0.328 e. The number of hydrogen-bond donors (Lipinski definition) is 2. The van der Waals surface area contributed by atoms with Crippen LogP contribution in [0.5, 0.6) is 0 Å². The highest BCUT2D eigenvalue weighted by Crippen LogP contribution is 2.29. The Morgan fingerprint density at radius 3 is 2.57 bits per heavy atom. The van der Waals surface area contributed by atoms with Gasteiger partial charge in [-0.25, -0.2) is 19.6 Å². The van der Waals surface area contributed by atoms with Crippen LogP contribution in [-0.4, -0.2) is 56.0 Å². The van der Waals surface area contributed by atoms with Crippen LogP contribution >= 0.6 is 0 Å². The molecule has 10 heteroatoms. The van der Waals surface area contributed by atoms with Crippen LogP contribution in [0, 0.1) is 16.7 Å². The van der Waals surface area contributed by atoms with Crippen molar-refractivity contribution in [1.29, 1.82) is 5.26 Å². The normalized spacial score (nSPS) is 18.4. The molecule has 0 aromatic carbocycles. The number of nitrogens with zero attached hydrogens (tertiary/aromatic N) is 5. The molecule has 0 atom stereocenters. The van der Waals surface area contributed by atoms with E-state index in [9.17, 15) is 14.4 Å². The molecule has 0 bridgehead atoms. The van der Waals surface area contributed by atoms with Crippen molar-refractivity contribution in [1.82, 2.24) is 30.1 Å². The zero-order valence-electron chi connectivity index (χ0n) is 17.2. The second kappa shape index (κ2) is 6.79. The van der Waals surface area contributed by atoms with E-state index in [0.717, 1.165) is 5.56 Å². The molecule has 1 spiro atoms. The number of rotatable bonds is 1. The fourth-order valence-corrected chi connectivity index (χ4v) is 4.10. The molecule has 10 nitrogen and oxygen atoms in total. The minimum atomic E-state index is -0.936. The Balaban J connectivity index is 1.63. The molecule has 2 aromatic heterocycles. The van der Waals surface area contributed by atoms with Crippen molar-refractivity contribution < 1.29 is 14.4 Å². The molecular weight excluding hydrogens is 386 g/mol. The van der Waals surface area contributed by atoms with Crippen LogP contribution in [0.25, 0.3) is 11.0 Å². The second-order valence-corrected chi connectivity index (χ2v) is 9.06. The van der Waals surface area contributed by atoms with Crippen LogP contribution in [0.2, 0.25) is 0 Å². The maximum atomic E-state index is 13.3. The average molecular weight is 409 g/mol. The van der Waals surface area contributed by atoms with Crippen molar-refractivity contribution in [3.05, 3.63) is 23.8 Å². The molecule has 0 unspecified atom stereocenters. The lowest BCUT2D eigenvalue weighted by Gasteiger charge is -2.36. The zero-order valence-corrected chi connectivity index (χ0v) is 17.2. The number of likely N-dealkylation sites (tertiary alicyclic amines) is 1. The monoisotopic (exact) mass is 409 g/mol. The quantitative estimate of drug-likeness (QED) is 0.686. The van der Waals surface area contributed by atoms with Gasteiger partial charge in [-0.1, -0.05) is 20.8 Å². The van der Waals surface area contributed by atoms with Gasteiger partial charge in [-0.3, -0.25) is 14.7 Å². The van der Waals surface area contributed by atoms with Gasteiger partial charge in [0.2, 0.25) is 5.82 Å². The molecule has 4 rings (SSSR count). The first kappa shape index (κ1) is 19.8. The smallest absolute Gasteiger partial charge is 0.324 e. The van der Waals surface area contributed by atoms with Gasteiger partial charge in [-0.05, 0) is 30.2 Å². The number of hydrogen-bond acceptors (Lipinski definition) is 6. The lowest BCUT2D eigenvalue weighted by molar-refractivity contribution is -0.125. The standard InChI is InChI=1S/C20H23N7O3/c1-19(2,3)8-12-11-27(13-10-22-14(9-21)23-15(12)13)18(30)26-6-4-20(5-7-26)16(28)24-17(29)25-20/h10-11H,4-8H2,1-3H3,(H2,24,25,28,29). The van der Waals surface area contributed by atoms with Crippen molar-refractivity contribution in [3.63, 3.8) is 0 Å². The van der Waals surface area contributed by atoms with Crippen molar-refractivity contribution in [2.24, 2.45) is 5.41 Å². The summed E-state index contributed by atoms with van der Waals surface area (Å²) in [6, 6.07) is 1.21. The molecule has 2 aliphatic rings. The van der Waals surface area contributed by atoms with Crippen LogP contribution in [0.3, 0.4) is 0 Å². The van der Waals surface area contributed by atoms with Crippen molar-refractivity contribution in [2.45, 2.75) is 45.6 Å². The van der Waals surface area contributed by atoms with E-state index in [1.165, 1.54) is 10.8 Å². The van der Waals surface area contributed by atoms with Gasteiger partial charge in [0.15, 0.2) is 0 Å². The summed E-state index contributed by atoms with van der Waals surface area (Å²) in [6.07, 6.45) is 4.64. The Morgan fingerprint density at radius 2 is 2.00 bits per heavy atom. The fourth-order valence-electron chi connectivity index (χ4n) is 4.10. The summed E-state index contributed by atoms with van der Waals surface area (Å²) in [5.74, 6) is -0.276. The van der Waals surface area contributed by atoms with E-state index in [1.54, 1.807) is 11.1 Å². The highest BCUT2D eigenvalue weighted by molar-refractivity contribution is 6.07. The summed E-state index contributed by atoms with van der Waals surface area (Å²) in [5, 5.41) is 14.1. The molecule has 30 heavy (non-hydrogen) atoms. The summed E-state index contributed by atoms with van der Waals surface area (Å²) in [6.45, 7) is 6.94. The summed E-state index contributed by atoms with van der Waals surface area (Å²) in [5.41, 5.74) is 1.05. The summed E-state index contributed by atoms with van der Waals surface area (Å²) in [7, 11) is 0. The Morgan fingerprint density at radius 1 is 1.30 bits per heavy atom. The molecule has 4 amide bonds.